The Bertz CT molecular complexity index is 606. The number of rotatable bonds is 5. The zero-order valence-corrected chi connectivity index (χ0v) is 13.8. The highest BCUT2D eigenvalue weighted by atomic mass is 16.7. The Kier molecular flexibility index (Phi) is 4.84. The molecule has 0 aliphatic carbocycles. The number of ether oxygens (including phenoxy) is 2. The van der Waals surface area contributed by atoms with Crippen LogP contribution in [-0.4, -0.2) is 24.0 Å². The Morgan fingerprint density at radius 1 is 1.23 bits per heavy atom. The minimum absolute atomic E-state index is 0.0497. The number of hydrogen-bond acceptors (Lipinski definition) is 2. The van der Waals surface area contributed by atoms with Gasteiger partial charge in [0.25, 0.3) is 0 Å². The predicted molar refractivity (Wildman–Crippen MR) is 89.9 cm³/mol. The van der Waals surface area contributed by atoms with E-state index in [2.05, 4.69) is 56.2 Å². The second kappa shape index (κ2) is 6.84. The van der Waals surface area contributed by atoms with Gasteiger partial charge in [-0.15, -0.1) is 0 Å². The predicted octanol–water partition coefficient (Wildman–Crippen LogP) is 4.52. The van der Waals surface area contributed by atoms with Crippen LogP contribution in [0.25, 0.3) is 10.9 Å². The summed E-state index contributed by atoms with van der Waals surface area (Å²) < 4.78 is 12.2. The maximum absolute atomic E-state index is 6.14. The summed E-state index contributed by atoms with van der Waals surface area (Å²) in [5.74, 6) is 1.11. The molecule has 2 heterocycles. The molecule has 0 radical (unpaired) electrons. The molecule has 1 aliphatic heterocycles. The fourth-order valence-electron chi connectivity index (χ4n) is 3.62. The highest BCUT2D eigenvalue weighted by molar-refractivity contribution is 5.82. The molecule has 0 spiro atoms. The fraction of sp³-hybridized carbons (Fsp3) is 0.579. The highest BCUT2D eigenvalue weighted by Crippen LogP contribution is 2.31. The van der Waals surface area contributed by atoms with Gasteiger partial charge in [0.05, 0.1) is 12.7 Å². The Morgan fingerprint density at radius 2 is 2.05 bits per heavy atom. The van der Waals surface area contributed by atoms with Crippen LogP contribution < -0.4 is 0 Å². The van der Waals surface area contributed by atoms with Gasteiger partial charge in [-0.2, -0.15) is 0 Å². The van der Waals surface area contributed by atoms with E-state index < -0.39 is 0 Å². The SMILES string of the molecule is CC[C@H]1O[C@@H](OCCc2c[nH]c3ccccc23)[C@H](C)C[C@@H]1C. The van der Waals surface area contributed by atoms with E-state index in [1.54, 1.807) is 0 Å². The number of para-hydroxylation sites is 1. The van der Waals surface area contributed by atoms with Crippen molar-refractivity contribution in [2.24, 2.45) is 11.8 Å². The van der Waals surface area contributed by atoms with Crippen LogP contribution in [0.3, 0.4) is 0 Å². The largest absolute Gasteiger partial charge is 0.361 e. The van der Waals surface area contributed by atoms with Gasteiger partial charge < -0.3 is 14.5 Å². The molecule has 2 aromatic rings. The minimum atomic E-state index is -0.0497. The molecule has 0 unspecified atom stereocenters. The van der Waals surface area contributed by atoms with Crippen molar-refractivity contribution in [2.75, 3.05) is 6.61 Å². The van der Waals surface area contributed by atoms with Crippen LogP contribution in [0, 0.1) is 11.8 Å². The van der Waals surface area contributed by atoms with Crippen LogP contribution >= 0.6 is 0 Å². The van der Waals surface area contributed by atoms with Crippen molar-refractivity contribution in [3.63, 3.8) is 0 Å². The molecule has 1 aromatic carbocycles. The molecular formula is C19H27NO2. The lowest BCUT2D eigenvalue weighted by Crippen LogP contribution is -2.40. The third-order valence-electron chi connectivity index (χ3n) is 4.88. The van der Waals surface area contributed by atoms with Crippen LogP contribution in [0.1, 0.15) is 39.2 Å². The molecule has 3 heteroatoms. The lowest BCUT2D eigenvalue weighted by Gasteiger charge is -2.38. The lowest BCUT2D eigenvalue weighted by molar-refractivity contribution is -0.232. The third kappa shape index (κ3) is 3.21. The Labute approximate surface area is 133 Å². The van der Waals surface area contributed by atoms with Crippen molar-refractivity contribution in [1.82, 2.24) is 4.98 Å². The molecule has 3 nitrogen and oxygen atoms in total. The van der Waals surface area contributed by atoms with Gasteiger partial charge in [-0.1, -0.05) is 39.0 Å². The molecule has 1 fully saturated rings. The van der Waals surface area contributed by atoms with Crippen LogP contribution in [0.5, 0.6) is 0 Å². The summed E-state index contributed by atoms with van der Waals surface area (Å²) in [7, 11) is 0. The lowest BCUT2D eigenvalue weighted by atomic mass is 9.88. The molecule has 0 bridgehead atoms. The van der Waals surface area contributed by atoms with Gasteiger partial charge in [0, 0.05) is 23.0 Å². The summed E-state index contributed by atoms with van der Waals surface area (Å²) in [5.41, 5.74) is 2.51. The summed E-state index contributed by atoms with van der Waals surface area (Å²) >= 11 is 0. The monoisotopic (exact) mass is 301 g/mol. The molecular weight excluding hydrogens is 274 g/mol. The first kappa shape index (κ1) is 15.6. The summed E-state index contributed by atoms with van der Waals surface area (Å²) in [6, 6.07) is 8.41. The number of aromatic amines is 1. The Hall–Kier alpha value is -1.32. The Morgan fingerprint density at radius 3 is 2.86 bits per heavy atom. The van der Waals surface area contributed by atoms with Gasteiger partial charge in [-0.3, -0.25) is 0 Å². The normalized spacial score (nSPS) is 29.0. The van der Waals surface area contributed by atoms with E-state index in [4.69, 9.17) is 9.47 Å². The van der Waals surface area contributed by atoms with Gasteiger partial charge in [0.15, 0.2) is 6.29 Å². The van der Waals surface area contributed by atoms with Gasteiger partial charge in [0.2, 0.25) is 0 Å². The number of benzene rings is 1. The van der Waals surface area contributed by atoms with Gasteiger partial charge >= 0.3 is 0 Å². The first-order valence-corrected chi connectivity index (χ1v) is 8.51. The first-order valence-electron chi connectivity index (χ1n) is 8.51. The first-order chi connectivity index (χ1) is 10.7. The number of hydrogen-bond donors (Lipinski definition) is 1. The van der Waals surface area contributed by atoms with Crippen LogP contribution in [0.2, 0.25) is 0 Å². The molecule has 1 aromatic heterocycles. The van der Waals surface area contributed by atoms with E-state index >= 15 is 0 Å². The number of aromatic nitrogens is 1. The maximum atomic E-state index is 6.14. The molecule has 22 heavy (non-hydrogen) atoms. The zero-order chi connectivity index (χ0) is 15.5. The van der Waals surface area contributed by atoms with E-state index in [0.29, 0.717) is 24.5 Å². The minimum Gasteiger partial charge on any atom is -0.361 e. The maximum Gasteiger partial charge on any atom is 0.160 e. The standard InChI is InChI=1S/C19H27NO2/c1-4-18-13(2)11-14(3)19(22-18)21-10-9-15-12-20-17-8-6-5-7-16(15)17/h5-8,12-14,18-20H,4,9-11H2,1-3H3/t13-,14+,18+,19+/m0/s1. The molecule has 1 N–H and O–H groups in total. The Balaban J connectivity index is 1.56. The van der Waals surface area contributed by atoms with Crippen molar-refractivity contribution in [3.8, 4) is 0 Å². The summed E-state index contributed by atoms with van der Waals surface area (Å²) in [6.07, 6.45) is 5.56. The molecule has 3 rings (SSSR count). The van der Waals surface area contributed by atoms with E-state index in [1.165, 1.54) is 22.9 Å². The number of H-pyrrole nitrogens is 1. The van der Waals surface area contributed by atoms with Gasteiger partial charge in [-0.05, 0) is 36.8 Å². The molecule has 4 atom stereocenters. The molecule has 120 valence electrons. The van der Waals surface area contributed by atoms with Crippen molar-refractivity contribution < 1.29 is 9.47 Å². The van der Waals surface area contributed by atoms with Crippen molar-refractivity contribution in [1.29, 1.82) is 0 Å². The van der Waals surface area contributed by atoms with Crippen LogP contribution in [-0.2, 0) is 15.9 Å². The van der Waals surface area contributed by atoms with Crippen LogP contribution in [0.4, 0.5) is 0 Å². The van der Waals surface area contributed by atoms with Crippen LogP contribution in [0.15, 0.2) is 30.5 Å². The smallest absolute Gasteiger partial charge is 0.160 e. The topological polar surface area (TPSA) is 34.2 Å². The van der Waals surface area contributed by atoms with Crippen molar-refractivity contribution in [3.05, 3.63) is 36.0 Å². The van der Waals surface area contributed by atoms with Gasteiger partial charge in [0.1, 0.15) is 0 Å². The van der Waals surface area contributed by atoms with E-state index in [0.717, 1.165) is 12.8 Å². The number of nitrogens with one attached hydrogen (secondary N) is 1. The van der Waals surface area contributed by atoms with E-state index in [-0.39, 0.29) is 6.29 Å². The average Bonchev–Trinajstić information content (AvgIpc) is 2.93. The molecule has 1 aliphatic rings. The third-order valence-corrected chi connectivity index (χ3v) is 4.88. The molecule has 1 saturated heterocycles. The second-order valence-electron chi connectivity index (χ2n) is 6.62. The average molecular weight is 301 g/mol. The summed E-state index contributed by atoms with van der Waals surface area (Å²) in [5, 5.41) is 1.30. The van der Waals surface area contributed by atoms with Crippen molar-refractivity contribution in [2.45, 2.75) is 52.4 Å². The summed E-state index contributed by atoms with van der Waals surface area (Å²) in [6.45, 7) is 7.42. The molecule has 0 saturated carbocycles. The van der Waals surface area contributed by atoms with Gasteiger partial charge in [-0.25, -0.2) is 0 Å². The highest BCUT2D eigenvalue weighted by Gasteiger charge is 2.32. The quantitative estimate of drug-likeness (QED) is 0.880. The van der Waals surface area contributed by atoms with E-state index in [9.17, 15) is 0 Å². The zero-order valence-electron chi connectivity index (χ0n) is 13.8. The summed E-state index contributed by atoms with van der Waals surface area (Å²) in [4.78, 5) is 3.32. The fourth-order valence-corrected chi connectivity index (χ4v) is 3.62. The van der Waals surface area contributed by atoms with Crippen molar-refractivity contribution >= 4 is 10.9 Å². The number of fused-ring (bicyclic) bond motifs is 1. The second-order valence-corrected chi connectivity index (χ2v) is 6.62. The molecule has 0 amide bonds. The van der Waals surface area contributed by atoms with E-state index in [1.807, 2.05) is 0 Å².